The molecule has 0 fully saturated rings. The minimum absolute atomic E-state index is 0.0158. The molecule has 0 bridgehead atoms. The highest BCUT2D eigenvalue weighted by atomic mass is 19.1. The van der Waals surface area contributed by atoms with Gasteiger partial charge in [-0.3, -0.25) is 0 Å². The van der Waals surface area contributed by atoms with E-state index < -0.39 is 11.6 Å². The van der Waals surface area contributed by atoms with Crippen molar-refractivity contribution in [3.8, 4) is 5.75 Å². The molecule has 0 aliphatic carbocycles. The SMILES string of the molecule is CCNC(COc1cc(F)cc(F)c1)C(C)(C)C. The van der Waals surface area contributed by atoms with E-state index in [-0.39, 0.29) is 17.2 Å². The van der Waals surface area contributed by atoms with Crippen molar-refractivity contribution in [2.45, 2.75) is 33.7 Å². The van der Waals surface area contributed by atoms with Crippen molar-refractivity contribution in [1.82, 2.24) is 5.32 Å². The van der Waals surface area contributed by atoms with Gasteiger partial charge < -0.3 is 10.1 Å². The fraction of sp³-hybridized carbons (Fsp3) is 0.571. The Balaban J connectivity index is 2.67. The van der Waals surface area contributed by atoms with Crippen LogP contribution in [0.5, 0.6) is 5.75 Å². The summed E-state index contributed by atoms with van der Waals surface area (Å²) in [6.07, 6.45) is 0. The Kier molecular flexibility index (Phi) is 5.08. The summed E-state index contributed by atoms with van der Waals surface area (Å²) in [6.45, 7) is 9.49. The Bertz CT molecular complexity index is 368. The zero-order chi connectivity index (χ0) is 13.8. The lowest BCUT2D eigenvalue weighted by molar-refractivity contribution is 0.175. The van der Waals surface area contributed by atoms with E-state index in [1.165, 1.54) is 12.1 Å². The molecule has 1 unspecified atom stereocenters. The maximum atomic E-state index is 13.0. The van der Waals surface area contributed by atoms with Crippen LogP contribution in [-0.4, -0.2) is 19.2 Å². The average molecular weight is 257 g/mol. The van der Waals surface area contributed by atoms with Gasteiger partial charge in [-0.2, -0.15) is 0 Å². The normalized spacial score (nSPS) is 13.4. The van der Waals surface area contributed by atoms with E-state index in [2.05, 4.69) is 26.1 Å². The quantitative estimate of drug-likeness (QED) is 0.873. The maximum absolute atomic E-state index is 13.0. The van der Waals surface area contributed by atoms with Crippen molar-refractivity contribution in [3.05, 3.63) is 29.8 Å². The topological polar surface area (TPSA) is 21.3 Å². The summed E-state index contributed by atoms with van der Waals surface area (Å²) in [5, 5.41) is 3.31. The summed E-state index contributed by atoms with van der Waals surface area (Å²) >= 11 is 0. The predicted molar refractivity (Wildman–Crippen MR) is 68.8 cm³/mol. The monoisotopic (exact) mass is 257 g/mol. The second-order valence-electron chi connectivity index (χ2n) is 5.39. The third kappa shape index (κ3) is 4.61. The van der Waals surface area contributed by atoms with Gasteiger partial charge in [-0.1, -0.05) is 27.7 Å². The van der Waals surface area contributed by atoms with Crippen LogP contribution >= 0.6 is 0 Å². The predicted octanol–water partition coefficient (Wildman–Crippen LogP) is 3.37. The second kappa shape index (κ2) is 6.14. The third-order valence-electron chi connectivity index (χ3n) is 2.75. The van der Waals surface area contributed by atoms with E-state index in [0.717, 1.165) is 12.6 Å². The number of likely N-dealkylation sites (N-methyl/N-ethyl adjacent to an activating group) is 1. The molecular formula is C14H21F2NO. The molecule has 0 aromatic heterocycles. The van der Waals surface area contributed by atoms with E-state index in [1.54, 1.807) is 0 Å². The van der Waals surface area contributed by atoms with Crippen molar-refractivity contribution in [2.75, 3.05) is 13.2 Å². The van der Waals surface area contributed by atoms with Crippen molar-refractivity contribution in [3.63, 3.8) is 0 Å². The second-order valence-corrected chi connectivity index (χ2v) is 5.39. The summed E-state index contributed by atoms with van der Waals surface area (Å²) in [7, 11) is 0. The molecule has 1 rings (SSSR count). The summed E-state index contributed by atoms with van der Waals surface area (Å²) in [5.41, 5.74) is 0.0158. The maximum Gasteiger partial charge on any atom is 0.129 e. The van der Waals surface area contributed by atoms with Gasteiger partial charge in [0.05, 0.1) is 0 Å². The smallest absolute Gasteiger partial charge is 0.129 e. The first kappa shape index (κ1) is 14.9. The van der Waals surface area contributed by atoms with Crippen LogP contribution < -0.4 is 10.1 Å². The molecule has 18 heavy (non-hydrogen) atoms. The Morgan fingerprint density at radius 3 is 2.17 bits per heavy atom. The van der Waals surface area contributed by atoms with Gasteiger partial charge in [0.25, 0.3) is 0 Å². The summed E-state index contributed by atoms with van der Waals surface area (Å²) < 4.78 is 31.5. The lowest BCUT2D eigenvalue weighted by atomic mass is 9.87. The Labute approximate surface area is 107 Å². The summed E-state index contributed by atoms with van der Waals surface area (Å²) in [5.74, 6) is -1.03. The van der Waals surface area contributed by atoms with E-state index in [4.69, 9.17) is 4.74 Å². The van der Waals surface area contributed by atoms with Gasteiger partial charge in [-0.25, -0.2) is 8.78 Å². The van der Waals surface area contributed by atoms with Crippen LogP contribution in [0.15, 0.2) is 18.2 Å². The largest absolute Gasteiger partial charge is 0.492 e. The van der Waals surface area contributed by atoms with Crippen LogP contribution in [0.25, 0.3) is 0 Å². The van der Waals surface area contributed by atoms with Crippen LogP contribution in [0.4, 0.5) is 8.78 Å². The Hall–Kier alpha value is -1.16. The molecular weight excluding hydrogens is 236 g/mol. The number of rotatable bonds is 5. The van der Waals surface area contributed by atoms with Gasteiger partial charge in [0.2, 0.25) is 0 Å². The minimum atomic E-state index is -0.624. The molecule has 0 saturated heterocycles. The molecule has 2 nitrogen and oxygen atoms in total. The van der Waals surface area contributed by atoms with Crippen molar-refractivity contribution in [2.24, 2.45) is 5.41 Å². The first-order valence-electron chi connectivity index (χ1n) is 6.15. The Morgan fingerprint density at radius 1 is 1.17 bits per heavy atom. The molecule has 0 radical (unpaired) electrons. The number of benzene rings is 1. The molecule has 0 saturated carbocycles. The Morgan fingerprint density at radius 2 is 1.72 bits per heavy atom. The van der Waals surface area contributed by atoms with Crippen molar-refractivity contribution >= 4 is 0 Å². The number of ether oxygens (including phenoxy) is 1. The molecule has 0 heterocycles. The number of nitrogens with one attached hydrogen (secondary N) is 1. The van der Waals surface area contributed by atoms with Gasteiger partial charge in [-0.05, 0) is 12.0 Å². The van der Waals surface area contributed by atoms with Crippen LogP contribution in [-0.2, 0) is 0 Å². The number of hydrogen-bond acceptors (Lipinski definition) is 2. The van der Waals surface area contributed by atoms with E-state index in [9.17, 15) is 8.78 Å². The van der Waals surface area contributed by atoms with Gasteiger partial charge >= 0.3 is 0 Å². The van der Waals surface area contributed by atoms with E-state index in [0.29, 0.717) is 6.61 Å². The van der Waals surface area contributed by atoms with Crippen molar-refractivity contribution < 1.29 is 13.5 Å². The third-order valence-corrected chi connectivity index (χ3v) is 2.75. The first-order chi connectivity index (χ1) is 8.32. The highest BCUT2D eigenvalue weighted by Gasteiger charge is 2.24. The number of hydrogen-bond donors (Lipinski definition) is 1. The highest BCUT2D eigenvalue weighted by Crippen LogP contribution is 2.21. The zero-order valence-corrected chi connectivity index (χ0v) is 11.4. The molecule has 102 valence electrons. The molecule has 0 aliphatic heterocycles. The fourth-order valence-corrected chi connectivity index (χ4v) is 1.65. The molecule has 0 amide bonds. The fourth-order valence-electron chi connectivity index (χ4n) is 1.65. The summed E-state index contributed by atoms with van der Waals surface area (Å²) in [6, 6.07) is 3.33. The molecule has 1 N–H and O–H groups in total. The molecule has 4 heteroatoms. The minimum Gasteiger partial charge on any atom is -0.492 e. The van der Waals surface area contributed by atoms with E-state index >= 15 is 0 Å². The molecule has 1 aromatic carbocycles. The van der Waals surface area contributed by atoms with Gasteiger partial charge in [0, 0.05) is 24.2 Å². The summed E-state index contributed by atoms with van der Waals surface area (Å²) in [4.78, 5) is 0. The zero-order valence-electron chi connectivity index (χ0n) is 11.4. The molecule has 1 aromatic rings. The number of halogens is 2. The molecule has 0 spiro atoms. The van der Waals surface area contributed by atoms with Gasteiger partial charge in [0.15, 0.2) is 0 Å². The van der Waals surface area contributed by atoms with Crippen LogP contribution in [0, 0.1) is 17.0 Å². The van der Waals surface area contributed by atoms with Gasteiger partial charge in [0.1, 0.15) is 24.0 Å². The molecule has 0 aliphatic rings. The first-order valence-corrected chi connectivity index (χ1v) is 6.15. The highest BCUT2D eigenvalue weighted by molar-refractivity contribution is 5.23. The van der Waals surface area contributed by atoms with Crippen molar-refractivity contribution in [1.29, 1.82) is 0 Å². The molecule has 1 atom stereocenters. The average Bonchev–Trinajstić information content (AvgIpc) is 2.21. The van der Waals surface area contributed by atoms with E-state index in [1.807, 2.05) is 6.92 Å². The standard InChI is InChI=1S/C14H21F2NO/c1-5-17-13(14(2,3)4)9-18-12-7-10(15)6-11(16)8-12/h6-8,13,17H,5,9H2,1-4H3. The lowest BCUT2D eigenvalue weighted by Gasteiger charge is -2.31. The van der Waals surface area contributed by atoms with Crippen LogP contribution in [0.3, 0.4) is 0 Å². The van der Waals surface area contributed by atoms with Crippen LogP contribution in [0.1, 0.15) is 27.7 Å². The van der Waals surface area contributed by atoms with Crippen LogP contribution in [0.2, 0.25) is 0 Å². The lowest BCUT2D eigenvalue weighted by Crippen LogP contribution is -2.44. The van der Waals surface area contributed by atoms with Gasteiger partial charge in [-0.15, -0.1) is 0 Å².